The Morgan fingerprint density at radius 1 is 1.12 bits per heavy atom. The molecule has 2 aromatic carbocycles. The number of furan rings is 1. The number of para-hydroxylation sites is 1. The first-order valence-corrected chi connectivity index (χ1v) is 12.7. The van der Waals surface area contributed by atoms with Gasteiger partial charge in [-0.05, 0) is 56.0 Å². The van der Waals surface area contributed by atoms with Gasteiger partial charge in [0.15, 0.2) is 6.10 Å². The molecule has 5 nitrogen and oxygen atoms in total. The van der Waals surface area contributed by atoms with Gasteiger partial charge in [-0.1, -0.05) is 49.1 Å². The maximum atomic E-state index is 13.0. The van der Waals surface area contributed by atoms with Crippen LogP contribution in [0.1, 0.15) is 55.1 Å². The maximum Gasteiger partial charge on any atom is 0.375 e. The number of carbonyl (C=O) groups is 2. The minimum absolute atomic E-state index is 0.143. The van der Waals surface area contributed by atoms with Crippen LogP contribution in [0.25, 0.3) is 11.0 Å². The van der Waals surface area contributed by atoms with Crippen molar-refractivity contribution in [3.8, 4) is 0 Å². The molecule has 174 valence electrons. The molecule has 1 atom stereocenters. The molecule has 0 radical (unpaired) electrons. The highest BCUT2D eigenvalue weighted by Crippen LogP contribution is 2.33. The number of hydrogen-bond donors (Lipinski definition) is 1. The second-order valence-corrected chi connectivity index (χ2v) is 9.93. The lowest BCUT2D eigenvalue weighted by Crippen LogP contribution is -2.38. The molecule has 4 rings (SSSR count). The van der Waals surface area contributed by atoms with Crippen LogP contribution in [0.5, 0.6) is 0 Å². The molecule has 1 saturated carbocycles. The van der Waals surface area contributed by atoms with Gasteiger partial charge in [-0.2, -0.15) is 0 Å². The van der Waals surface area contributed by atoms with Crippen molar-refractivity contribution < 1.29 is 18.7 Å². The molecule has 3 aromatic rings. The van der Waals surface area contributed by atoms with E-state index < -0.39 is 12.1 Å². The standard InChI is InChI=1S/C26H28ClNO4S/c1-17(25(29)28-15-18-7-3-2-4-8-18)31-26(30)24-22(21-9-5-6-10-23(21)32-24)16-33-20-13-11-19(27)12-14-20/h5-6,9-14,17-18H,2-4,7-8,15-16H2,1H3,(H,28,29)/t17-/m0/s1. The molecule has 1 aliphatic rings. The number of rotatable bonds is 8. The van der Waals surface area contributed by atoms with E-state index in [1.165, 1.54) is 19.3 Å². The average molecular weight is 486 g/mol. The molecule has 0 aliphatic heterocycles. The van der Waals surface area contributed by atoms with Crippen LogP contribution in [-0.2, 0) is 15.3 Å². The van der Waals surface area contributed by atoms with Gasteiger partial charge in [-0.25, -0.2) is 4.79 Å². The number of benzene rings is 2. The monoisotopic (exact) mass is 485 g/mol. The molecule has 0 saturated heterocycles. The van der Waals surface area contributed by atoms with Crippen molar-refractivity contribution in [2.45, 2.75) is 55.8 Å². The number of esters is 1. The largest absolute Gasteiger partial charge is 0.449 e. The van der Waals surface area contributed by atoms with Crippen LogP contribution in [0.4, 0.5) is 0 Å². The van der Waals surface area contributed by atoms with Crippen LogP contribution >= 0.6 is 23.4 Å². The minimum atomic E-state index is -0.897. The fourth-order valence-electron chi connectivity index (χ4n) is 4.14. The topological polar surface area (TPSA) is 68.5 Å². The van der Waals surface area contributed by atoms with E-state index in [2.05, 4.69) is 5.32 Å². The zero-order valence-electron chi connectivity index (χ0n) is 18.6. The molecule has 0 unspecified atom stereocenters. The van der Waals surface area contributed by atoms with Gasteiger partial charge >= 0.3 is 5.97 Å². The number of ether oxygens (including phenoxy) is 1. The SMILES string of the molecule is C[C@H](OC(=O)c1oc2ccccc2c1CSc1ccc(Cl)cc1)C(=O)NCC1CCCCC1. The van der Waals surface area contributed by atoms with E-state index >= 15 is 0 Å². The van der Waals surface area contributed by atoms with E-state index in [1.54, 1.807) is 18.7 Å². The van der Waals surface area contributed by atoms with Crippen molar-refractivity contribution in [3.63, 3.8) is 0 Å². The molecular weight excluding hydrogens is 458 g/mol. The Hall–Kier alpha value is -2.44. The fourth-order valence-corrected chi connectivity index (χ4v) is 5.19. The summed E-state index contributed by atoms with van der Waals surface area (Å²) in [5, 5.41) is 4.48. The Labute approximate surface area is 203 Å². The van der Waals surface area contributed by atoms with Gasteiger partial charge in [-0.3, -0.25) is 4.79 Å². The Bertz CT molecular complexity index is 1110. The van der Waals surface area contributed by atoms with Gasteiger partial charge in [0.05, 0.1) is 0 Å². The molecule has 1 amide bonds. The van der Waals surface area contributed by atoms with Gasteiger partial charge in [0.25, 0.3) is 5.91 Å². The molecule has 33 heavy (non-hydrogen) atoms. The summed E-state index contributed by atoms with van der Waals surface area (Å²) in [6.07, 6.45) is 5.09. The molecule has 0 spiro atoms. The third kappa shape index (κ3) is 6.12. The number of carbonyl (C=O) groups excluding carboxylic acids is 2. The summed E-state index contributed by atoms with van der Waals surface area (Å²) in [5.41, 5.74) is 1.37. The van der Waals surface area contributed by atoms with Gasteiger partial charge in [0, 0.05) is 33.2 Å². The van der Waals surface area contributed by atoms with Crippen LogP contribution in [-0.4, -0.2) is 24.5 Å². The zero-order chi connectivity index (χ0) is 23.2. The summed E-state index contributed by atoms with van der Waals surface area (Å²) < 4.78 is 11.4. The van der Waals surface area contributed by atoms with E-state index in [4.69, 9.17) is 20.8 Å². The number of thioether (sulfide) groups is 1. The highest BCUT2D eigenvalue weighted by molar-refractivity contribution is 7.98. The molecule has 0 bridgehead atoms. The summed E-state index contributed by atoms with van der Waals surface area (Å²) in [5.74, 6) is 0.271. The summed E-state index contributed by atoms with van der Waals surface area (Å²) in [7, 11) is 0. The van der Waals surface area contributed by atoms with Crippen molar-refractivity contribution in [1.82, 2.24) is 5.32 Å². The van der Waals surface area contributed by atoms with Crippen LogP contribution in [0.3, 0.4) is 0 Å². The summed E-state index contributed by atoms with van der Waals surface area (Å²) in [6, 6.07) is 15.1. The smallest absolute Gasteiger partial charge is 0.375 e. The summed E-state index contributed by atoms with van der Waals surface area (Å²) in [6.45, 7) is 2.23. The average Bonchev–Trinajstić information content (AvgIpc) is 3.21. The quantitative estimate of drug-likeness (QED) is 0.287. The van der Waals surface area contributed by atoms with E-state index in [0.717, 1.165) is 28.7 Å². The second-order valence-electron chi connectivity index (χ2n) is 8.45. The van der Waals surface area contributed by atoms with E-state index in [0.29, 0.717) is 28.8 Å². The Morgan fingerprint density at radius 2 is 1.85 bits per heavy atom. The summed E-state index contributed by atoms with van der Waals surface area (Å²) >= 11 is 7.56. The first kappa shape index (κ1) is 23.7. The number of halogens is 1. The normalized spacial score (nSPS) is 15.3. The minimum Gasteiger partial charge on any atom is -0.449 e. The lowest BCUT2D eigenvalue weighted by molar-refractivity contribution is -0.129. The Morgan fingerprint density at radius 3 is 2.61 bits per heavy atom. The number of hydrogen-bond acceptors (Lipinski definition) is 5. The number of nitrogens with one attached hydrogen (secondary N) is 1. The van der Waals surface area contributed by atoms with E-state index in [9.17, 15) is 9.59 Å². The summed E-state index contributed by atoms with van der Waals surface area (Å²) in [4.78, 5) is 26.5. The number of fused-ring (bicyclic) bond motifs is 1. The molecule has 1 aliphatic carbocycles. The van der Waals surface area contributed by atoms with Crippen molar-refractivity contribution in [3.05, 3.63) is 64.9 Å². The molecule has 1 fully saturated rings. The lowest BCUT2D eigenvalue weighted by Gasteiger charge is -2.22. The van der Waals surface area contributed by atoms with Crippen molar-refractivity contribution >= 4 is 46.2 Å². The zero-order valence-corrected chi connectivity index (χ0v) is 20.2. The van der Waals surface area contributed by atoms with E-state index in [-0.39, 0.29) is 11.7 Å². The van der Waals surface area contributed by atoms with E-state index in [1.807, 2.05) is 48.5 Å². The second kappa shape index (κ2) is 11.1. The van der Waals surface area contributed by atoms with Crippen LogP contribution in [0, 0.1) is 5.92 Å². The van der Waals surface area contributed by atoms with Gasteiger partial charge in [0.2, 0.25) is 5.76 Å². The fraction of sp³-hybridized carbons (Fsp3) is 0.385. The molecule has 1 N–H and O–H groups in total. The Balaban J connectivity index is 1.43. The van der Waals surface area contributed by atoms with Crippen molar-refractivity contribution in [2.24, 2.45) is 5.92 Å². The van der Waals surface area contributed by atoms with Crippen molar-refractivity contribution in [2.75, 3.05) is 6.54 Å². The maximum absolute atomic E-state index is 13.0. The van der Waals surface area contributed by atoms with Gasteiger partial charge in [0.1, 0.15) is 5.58 Å². The van der Waals surface area contributed by atoms with Gasteiger partial charge < -0.3 is 14.5 Å². The molecular formula is C26H28ClNO4S. The highest BCUT2D eigenvalue weighted by atomic mass is 35.5. The predicted molar refractivity (Wildman–Crippen MR) is 132 cm³/mol. The highest BCUT2D eigenvalue weighted by Gasteiger charge is 2.26. The third-order valence-corrected chi connectivity index (χ3v) is 7.31. The van der Waals surface area contributed by atoms with Crippen LogP contribution in [0.15, 0.2) is 57.8 Å². The third-order valence-electron chi connectivity index (χ3n) is 6.02. The first-order valence-electron chi connectivity index (χ1n) is 11.4. The van der Waals surface area contributed by atoms with Crippen LogP contribution in [0.2, 0.25) is 5.02 Å². The lowest BCUT2D eigenvalue weighted by atomic mass is 9.89. The van der Waals surface area contributed by atoms with Gasteiger partial charge in [-0.15, -0.1) is 11.8 Å². The molecule has 7 heteroatoms. The molecule has 1 heterocycles. The Kier molecular flexibility index (Phi) is 7.99. The van der Waals surface area contributed by atoms with Crippen molar-refractivity contribution in [1.29, 1.82) is 0 Å². The first-order chi connectivity index (χ1) is 16.0. The number of amides is 1. The van der Waals surface area contributed by atoms with Crippen LogP contribution < -0.4 is 5.32 Å². The predicted octanol–water partition coefficient (Wildman–Crippen LogP) is 6.62. The molecule has 1 aromatic heterocycles.